The highest BCUT2D eigenvalue weighted by Crippen LogP contribution is 2.25. The molecule has 4 rings (SSSR count). The summed E-state index contributed by atoms with van der Waals surface area (Å²) in [6.45, 7) is 6.73. The Morgan fingerprint density at radius 1 is 1.33 bits per heavy atom. The Labute approximate surface area is 146 Å². The lowest BCUT2D eigenvalue weighted by molar-refractivity contribution is 0.112. The Morgan fingerprint density at radius 3 is 3.00 bits per heavy atom. The summed E-state index contributed by atoms with van der Waals surface area (Å²) in [5.41, 5.74) is 2.26. The van der Waals surface area contributed by atoms with Crippen LogP contribution in [0, 0.1) is 6.92 Å². The van der Waals surface area contributed by atoms with Gasteiger partial charge in [0.05, 0.1) is 30.3 Å². The molecule has 0 radical (unpaired) electrons. The van der Waals surface area contributed by atoms with Crippen LogP contribution in [0.25, 0.3) is 0 Å². The second-order valence-corrected chi connectivity index (χ2v) is 7.69. The first-order chi connectivity index (χ1) is 11.8. The van der Waals surface area contributed by atoms with Crippen LogP contribution in [-0.2, 0) is 24.3 Å². The fourth-order valence-electron chi connectivity index (χ4n) is 3.32. The molecule has 1 fully saturated rings. The van der Waals surface area contributed by atoms with Crippen molar-refractivity contribution in [2.75, 3.05) is 25.0 Å². The second kappa shape index (κ2) is 7.13. The molecule has 0 unspecified atom stereocenters. The molecule has 2 aromatic heterocycles. The molecule has 2 aromatic rings. The average Bonchev–Trinajstić information content (AvgIpc) is 2.99. The zero-order valence-electron chi connectivity index (χ0n) is 14.0. The normalized spacial score (nSPS) is 19.2. The maximum absolute atomic E-state index is 5.52. The van der Waals surface area contributed by atoms with Crippen molar-refractivity contribution in [2.24, 2.45) is 0 Å². The smallest absolute Gasteiger partial charge is 0.129 e. The fourth-order valence-corrected chi connectivity index (χ4v) is 4.41. The maximum Gasteiger partial charge on any atom is 0.129 e. The molecule has 0 aliphatic carbocycles. The molecule has 0 saturated carbocycles. The van der Waals surface area contributed by atoms with Gasteiger partial charge in [0, 0.05) is 37.3 Å². The summed E-state index contributed by atoms with van der Waals surface area (Å²) in [6, 6.07) is 2.50. The van der Waals surface area contributed by atoms with Crippen LogP contribution in [0.5, 0.6) is 0 Å². The minimum Gasteiger partial charge on any atom is -0.375 e. The van der Waals surface area contributed by atoms with Gasteiger partial charge in [-0.05, 0) is 19.8 Å². The summed E-state index contributed by atoms with van der Waals surface area (Å²) >= 11 is 1.82. The van der Waals surface area contributed by atoms with Gasteiger partial charge in [0.1, 0.15) is 17.2 Å². The summed E-state index contributed by atoms with van der Waals surface area (Å²) in [6.07, 6.45) is 4.87. The van der Waals surface area contributed by atoms with E-state index in [1.54, 1.807) is 6.33 Å². The lowest BCUT2D eigenvalue weighted by Gasteiger charge is -2.32. The number of thiazole rings is 1. The summed E-state index contributed by atoms with van der Waals surface area (Å²) in [5, 5.41) is 4.78. The fraction of sp³-hybridized carbons (Fsp3) is 0.588. The largest absolute Gasteiger partial charge is 0.375 e. The minimum atomic E-state index is 0.494. The number of nitrogens with zero attached hydrogens (tertiary/aromatic N) is 4. The van der Waals surface area contributed by atoms with Crippen molar-refractivity contribution >= 4 is 17.2 Å². The van der Waals surface area contributed by atoms with E-state index in [0.717, 1.165) is 63.6 Å². The van der Waals surface area contributed by atoms with E-state index in [-0.39, 0.29) is 0 Å². The average molecular weight is 345 g/mol. The van der Waals surface area contributed by atoms with E-state index >= 15 is 0 Å². The van der Waals surface area contributed by atoms with E-state index in [2.05, 4.69) is 20.2 Å². The first kappa shape index (κ1) is 15.9. The molecule has 7 heteroatoms. The van der Waals surface area contributed by atoms with E-state index in [1.165, 1.54) is 15.6 Å². The molecular formula is C17H23N5OS. The third-order valence-electron chi connectivity index (χ3n) is 4.64. The van der Waals surface area contributed by atoms with Gasteiger partial charge in [-0.3, -0.25) is 4.90 Å². The molecule has 0 spiro atoms. The van der Waals surface area contributed by atoms with Crippen molar-refractivity contribution in [3.63, 3.8) is 0 Å². The minimum absolute atomic E-state index is 0.494. The second-order valence-electron chi connectivity index (χ2n) is 6.52. The van der Waals surface area contributed by atoms with Crippen LogP contribution < -0.4 is 5.32 Å². The van der Waals surface area contributed by atoms with Gasteiger partial charge in [0.15, 0.2) is 0 Å². The number of anilines is 1. The van der Waals surface area contributed by atoms with Crippen LogP contribution in [0.1, 0.15) is 34.1 Å². The third-order valence-corrected chi connectivity index (χ3v) is 5.70. The molecule has 24 heavy (non-hydrogen) atoms. The van der Waals surface area contributed by atoms with E-state index in [4.69, 9.17) is 9.72 Å². The first-order valence-corrected chi connectivity index (χ1v) is 9.40. The number of aromatic nitrogens is 3. The van der Waals surface area contributed by atoms with Crippen LogP contribution >= 0.6 is 11.3 Å². The monoisotopic (exact) mass is 345 g/mol. The zero-order valence-corrected chi connectivity index (χ0v) is 14.8. The molecule has 2 aliphatic heterocycles. The van der Waals surface area contributed by atoms with Gasteiger partial charge < -0.3 is 10.1 Å². The summed E-state index contributed by atoms with van der Waals surface area (Å²) < 4.78 is 5.52. The van der Waals surface area contributed by atoms with Crippen LogP contribution in [0.15, 0.2) is 12.4 Å². The Morgan fingerprint density at radius 2 is 2.21 bits per heavy atom. The molecule has 2 aliphatic rings. The molecule has 1 N–H and O–H groups in total. The summed E-state index contributed by atoms with van der Waals surface area (Å²) in [4.78, 5) is 17.1. The predicted octanol–water partition coefficient (Wildman–Crippen LogP) is 2.39. The Balaban J connectivity index is 1.29. The standard InChI is InChI=1S/C17H23N5OS/c1-12-8-16(19-11-18-12)20-13-2-5-22(6-3-13)9-17-21-14-4-7-23-10-15(14)24-17/h8,11,13H,2-7,9-10H2,1H3,(H,18,19,20). The van der Waals surface area contributed by atoms with Gasteiger partial charge in [-0.2, -0.15) is 0 Å². The summed E-state index contributed by atoms with van der Waals surface area (Å²) in [5.74, 6) is 0.938. The number of rotatable bonds is 4. The molecule has 0 aromatic carbocycles. The lowest BCUT2D eigenvalue weighted by atomic mass is 10.1. The van der Waals surface area contributed by atoms with Crippen molar-refractivity contribution < 1.29 is 4.74 Å². The number of likely N-dealkylation sites (tertiary alicyclic amines) is 1. The van der Waals surface area contributed by atoms with E-state index in [0.29, 0.717) is 6.04 Å². The van der Waals surface area contributed by atoms with Crippen molar-refractivity contribution in [3.05, 3.63) is 33.7 Å². The SMILES string of the molecule is Cc1cc(NC2CCN(Cc3nc4c(s3)COCC4)CC2)ncn1. The Hall–Kier alpha value is -1.57. The van der Waals surface area contributed by atoms with Crippen LogP contribution in [0.4, 0.5) is 5.82 Å². The highest BCUT2D eigenvalue weighted by Gasteiger charge is 2.22. The van der Waals surface area contributed by atoms with Crippen molar-refractivity contribution in [1.29, 1.82) is 0 Å². The van der Waals surface area contributed by atoms with E-state index < -0.39 is 0 Å². The molecule has 6 nitrogen and oxygen atoms in total. The molecule has 0 atom stereocenters. The third kappa shape index (κ3) is 3.74. The number of ether oxygens (including phenoxy) is 1. The van der Waals surface area contributed by atoms with Crippen LogP contribution in [-0.4, -0.2) is 45.6 Å². The van der Waals surface area contributed by atoms with Gasteiger partial charge in [-0.25, -0.2) is 15.0 Å². The number of piperidine rings is 1. The van der Waals surface area contributed by atoms with Gasteiger partial charge in [0.2, 0.25) is 0 Å². The highest BCUT2D eigenvalue weighted by molar-refractivity contribution is 7.11. The highest BCUT2D eigenvalue weighted by atomic mass is 32.1. The zero-order chi connectivity index (χ0) is 16.4. The van der Waals surface area contributed by atoms with Crippen LogP contribution in [0.3, 0.4) is 0 Å². The van der Waals surface area contributed by atoms with Crippen molar-refractivity contribution in [2.45, 2.75) is 45.4 Å². The molecule has 0 bridgehead atoms. The van der Waals surface area contributed by atoms with E-state index in [9.17, 15) is 0 Å². The first-order valence-electron chi connectivity index (χ1n) is 8.59. The maximum atomic E-state index is 5.52. The quantitative estimate of drug-likeness (QED) is 0.918. The van der Waals surface area contributed by atoms with E-state index in [1.807, 2.05) is 24.3 Å². The molecular weight excluding hydrogens is 322 g/mol. The number of hydrogen-bond acceptors (Lipinski definition) is 7. The number of nitrogens with one attached hydrogen (secondary N) is 1. The van der Waals surface area contributed by atoms with Gasteiger partial charge in [-0.1, -0.05) is 0 Å². The molecule has 4 heterocycles. The van der Waals surface area contributed by atoms with Gasteiger partial charge in [-0.15, -0.1) is 11.3 Å². The van der Waals surface area contributed by atoms with Crippen molar-refractivity contribution in [3.8, 4) is 0 Å². The Kier molecular flexibility index (Phi) is 4.73. The Bertz CT molecular complexity index is 673. The number of aryl methyl sites for hydroxylation is 1. The summed E-state index contributed by atoms with van der Waals surface area (Å²) in [7, 11) is 0. The van der Waals surface area contributed by atoms with Gasteiger partial charge >= 0.3 is 0 Å². The lowest BCUT2D eigenvalue weighted by Crippen LogP contribution is -2.38. The van der Waals surface area contributed by atoms with Gasteiger partial charge in [0.25, 0.3) is 0 Å². The predicted molar refractivity (Wildman–Crippen MR) is 94.2 cm³/mol. The van der Waals surface area contributed by atoms with Crippen molar-refractivity contribution in [1.82, 2.24) is 19.9 Å². The molecule has 0 amide bonds. The molecule has 128 valence electrons. The number of hydrogen-bond donors (Lipinski definition) is 1. The molecule has 1 saturated heterocycles. The topological polar surface area (TPSA) is 63.2 Å². The van der Waals surface area contributed by atoms with Crippen LogP contribution in [0.2, 0.25) is 0 Å². The number of fused-ring (bicyclic) bond motifs is 1.